The lowest BCUT2D eigenvalue weighted by Crippen LogP contribution is -2.51. The molecule has 2 aliphatic heterocycles. The number of carbonyl (C=O) groups excluding carboxylic acids is 1. The summed E-state index contributed by atoms with van der Waals surface area (Å²) in [4.78, 5) is 22.8. The predicted molar refractivity (Wildman–Crippen MR) is 72.4 cm³/mol. The van der Waals surface area contributed by atoms with Crippen molar-refractivity contribution in [1.82, 2.24) is 10.6 Å². The minimum absolute atomic E-state index is 0.0220. The summed E-state index contributed by atoms with van der Waals surface area (Å²) in [5.74, 6) is -0.289. The lowest BCUT2D eigenvalue weighted by atomic mass is 9.96. The van der Waals surface area contributed by atoms with Gasteiger partial charge in [-0.2, -0.15) is 11.8 Å². The summed E-state index contributed by atoms with van der Waals surface area (Å²) in [6.45, 7) is 0. The summed E-state index contributed by atoms with van der Waals surface area (Å²) >= 11 is 1.56. The van der Waals surface area contributed by atoms with Gasteiger partial charge in [0.25, 0.3) is 0 Å². The molecule has 0 radical (unpaired) electrons. The van der Waals surface area contributed by atoms with Gasteiger partial charge in [0.2, 0.25) is 0 Å². The number of carbonyl (C=O) groups is 2. The fourth-order valence-electron chi connectivity index (χ4n) is 2.65. The van der Waals surface area contributed by atoms with Crippen LogP contribution in [0.15, 0.2) is 0 Å². The van der Waals surface area contributed by atoms with Gasteiger partial charge in [-0.25, -0.2) is 9.59 Å². The smallest absolute Gasteiger partial charge is 0.326 e. The van der Waals surface area contributed by atoms with Crippen LogP contribution in [0.4, 0.5) is 4.79 Å². The number of nitrogens with one attached hydrogen (secondary N) is 2. The van der Waals surface area contributed by atoms with Crippen LogP contribution >= 0.6 is 11.8 Å². The summed E-state index contributed by atoms with van der Waals surface area (Å²) in [7, 11) is 0. The van der Waals surface area contributed by atoms with E-state index >= 15 is 0 Å². The molecule has 4 atom stereocenters. The van der Waals surface area contributed by atoms with E-state index in [-0.39, 0.29) is 18.2 Å². The molecule has 2 heterocycles. The molecule has 0 aromatic heterocycles. The number of thioether (sulfide) groups is 1. The van der Waals surface area contributed by atoms with E-state index in [1.54, 1.807) is 11.8 Å². The number of fused-ring (bicyclic) bond motifs is 2. The van der Waals surface area contributed by atoms with Gasteiger partial charge in [-0.15, -0.1) is 0 Å². The number of aliphatic carboxylic acids is 1. The number of carboxylic acids is 1. The average molecular weight is 288 g/mol. The van der Waals surface area contributed by atoms with E-state index in [2.05, 4.69) is 10.6 Å². The minimum atomic E-state index is -0.992. The molecule has 2 fully saturated rings. The van der Waals surface area contributed by atoms with Crippen LogP contribution in [-0.4, -0.2) is 53.4 Å². The molecular weight excluding hydrogens is 268 g/mol. The standard InChI is InChI=1S/C12H20N2O4S/c1-19-5-4-8(11(15)16)13-12(17)14-9-6-7-2-3-10(9)18-7/h7-10H,2-6H2,1H3,(H,15,16)(H2,13,14,17). The maximum Gasteiger partial charge on any atom is 0.326 e. The van der Waals surface area contributed by atoms with Gasteiger partial charge in [-0.1, -0.05) is 0 Å². The Kier molecular flexibility index (Phi) is 4.93. The quantitative estimate of drug-likeness (QED) is 0.673. The number of amides is 2. The highest BCUT2D eigenvalue weighted by Gasteiger charge is 2.41. The number of urea groups is 1. The SMILES string of the molecule is CSCCC(NC(=O)NC1CC2CCC1O2)C(=O)O. The van der Waals surface area contributed by atoms with Crippen molar-refractivity contribution in [3.63, 3.8) is 0 Å². The van der Waals surface area contributed by atoms with Crippen LogP contribution in [0.2, 0.25) is 0 Å². The van der Waals surface area contributed by atoms with Crippen molar-refractivity contribution < 1.29 is 19.4 Å². The first-order chi connectivity index (χ1) is 9.10. The molecule has 2 amide bonds. The molecule has 0 saturated carbocycles. The monoisotopic (exact) mass is 288 g/mol. The highest BCUT2D eigenvalue weighted by atomic mass is 32.2. The highest BCUT2D eigenvalue weighted by molar-refractivity contribution is 7.98. The first-order valence-electron chi connectivity index (χ1n) is 6.54. The molecule has 4 unspecified atom stereocenters. The second-order valence-corrected chi connectivity index (χ2v) is 5.99. The second kappa shape index (κ2) is 6.47. The van der Waals surface area contributed by atoms with Crippen LogP contribution in [0.5, 0.6) is 0 Å². The number of hydrogen-bond acceptors (Lipinski definition) is 4. The second-order valence-electron chi connectivity index (χ2n) is 5.01. The summed E-state index contributed by atoms with van der Waals surface area (Å²) < 4.78 is 5.64. The number of ether oxygens (including phenoxy) is 1. The Morgan fingerprint density at radius 3 is 2.79 bits per heavy atom. The normalized spacial score (nSPS) is 30.1. The predicted octanol–water partition coefficient (Wildman–Crippen LogP) is 0.812. The zero-order valence-corrected chi connectivity index (χ0v) is 11.7. The molecule has 0 aromatic carbocycles. The van der Waals surface area contributed by atoms with E-state index in [0.717, 1.165) is 19.3 Å². The van der Waals surface area contributed by atoms with E-state index in [1.165, 1.54) is 0 Å². The molecule has 6 nitrogen and oxygen atoms in total. The molecule has 7 heteroatoms. The van der Waals surface area contributed by atoms with Gasteiger partial charge in [0.1, 0.15) is 6.04 Å². The van der Waals surface area contributed by atoms with Gasteiger partial charge in [0, 0.05) is 0 Å². The molecule has 2 aliphatic rings. The van der Waals surface area contributed by atoms with Crippen LogP contribution in [-0.2, 0) is 9.53 Å². The molecular formula is C12H20N2O4S. The first-order valence-corrected chi connectivity index (χ1v) is 7.93. The van der Waals surface area contributed by atoms with Crippen molar-refractivity contribution in [3.8, 4) is 0 Å². The van der Waals surface area contributed by atoms with E-state index in [4.69, 9.17) is 9.84 Å². The van der Waals surface area contributed by atoms with E-state index < -0.39 is 18.0 Å². The topological polar surface area (TPSA) is 87.7 Å². The molecule has 3 N–H and O–H groups in total. The minimum Gasteiger partial charge on any atom is -0.480 e. The van der Waals surface area contributed by atoms with Gasteiger partial charge >= 0.3 is 12.0 Å². The van der Waals surface area contributed by atoms with Crippen LogP contribution in [0.3, 0.4) is 0 Å². The Labute approximate surface area is 116 Å². The van der Waals surface area contributed by atoms with Gasteiger partial charge in [-0.05, 0) is 37.7 Å². The summed E-state index contributed by atoms with van der Waals surface area (Å²) in [6.07, 6.45) is 5.58. The van der Waals surface area contributed by atoms with E-state index in [0.29, 0.717) is 12.2 Å². The molecule has 2 rings (SSSR count). The molecule has 0 aromatic rings. The molecule has 19 heavy (non-hydrogen) atoms. The van der Waals surface area contributed by atoms with Crippen molar-refractivity contribution in [1.29, 1.82) is 0 Å². The largest absolute Gasteiger partial charge is 0.480 e. The van der Waals surface area contributed by atoms with Gasteiger partial charge in [-0.3, -0.25) is 0 Å². The van der Waals surface area contributed by atoms with Gasteiger partial charge in [0.05, 0.1) is 18.2 Å². The Balaban J connectivity index is 1.77. The fraction of sp³-hybridized carbons (Fsp3) is 0.833. The number of rotatable bonds is 6. The zero-order chi connectivity index (χ0) is 13.8. The van der Waals surface area contributed by atoms with Crippen LogP contribution in [0, 0.1) is 0 Å². The maximum absolute atomic E-state index is 11.8. The Bertz CT molecular complexity index is 353. The van der Waals surface area contributed by atoms with Crippen molar-refractivity contribution in [3.05, 3.63) is 0 Å². The molecule has 2 saturated heterocycles. The Morgan fingerprint density at radius 2 is 2.26 bits per heavy atom. The van der Waals surface area contributed by atoms with Crippen molar-refractivity contribution >= 4 is 23.8 Å². The summed E-state index contributed by atoms with van der Waals surface area (Å²) in [5.41, 5.74) is 0. The lowest BCUT2D eigenvalue weighted by molar-refractivity contribution is -0.139. The highest BCUT2D eigenvalue weighted by Crippen LogP contribution is 2.34. The third-order valence-corrected chi connectivity index (χ3v) is 4.28. The molecule has 0 aliphatic carbocycles. The Hall–Kier alpha value is -0.950. The van der Waals surface area contributed by atoms with Gasteiger partial charge < -0.3 is 20.5 Å². The first kappa shape index (κ1) is 14.5. The summed E-state index contributed by atoms with van der Waals surface area (Å²) in [6, 6.07) is -1.21. The van der Waals surface area contributed by atoms with Crippen molar-refractivity contribution in [2.24, 2.45) is 0 Å². The average Bonchev–Trinajstić information content (AvgIpc) is 2.96. The van der Waals surface area contributed by atoms with Crippen LogP contribution < -0.4 is 10.6 Å². The number of hydrogen-bond donors (Lipinski definition) is 3. The lowest BCUT2D eigenvalue weighted by Gasteiger charge is -2.22. The third kappa shape index (κ3) is 3.76. The molecule has 2 bridgehead atoms. The van der Waals surface area contributed by atoms with Crippen LogP contribution in [0.25, 0.3) is 0 Å². The van der Waals surface area contributed by atoms with Crippen molar-refractivity contribution in [2.45, 2.75) is 50.0 Å². The fourth-order valence-corrected chi connectivity index (χ4v) is 3.12. The molecule has 108 valence electrons. The van der Waals surface area contributed by atoms with E-state index in [1.807, 2.05) is 6.26 Å². The number of carboxylic acid groups (broad SMARTS) is 1. The van der Waals surface area contributed by atoms with E-state index in [9.17, 15) is 9.59 Å². The third-order valence-electron chi connectivity index (χ3n) is 3.64. The molecule has 0 spiro atoms. The van der Waals surface area contributed by atoms with Crippen LogP contribution in [0.1, 0.15) is 25.7 Å². The Morgan fingerprint density at radius 1 is 1.47 bits per heavy atom. The summed E-state index contributed by atoms with van der Waals surface area (Å²) in [5, 5.41) is 14.4. The maximum atomic E-state index is 11.8. The zero-order valence-electron chi connectivity index (χ0n) is 10.9. The van der Waals surface area contributed by atoms with Gasteiger partial charge in [0.15, 0.2) is 0 Å². The van der Waals surface area contributed by atoms with Crippen molar-refractivity contribution in [2.75, 3.05) is 12.0 Å².